The van der Waals surface area contributed by atoms with Crippen molar-refractivity contribution in [3.05, 3.63) is 0 Å². The van der Waals surface area contributed by atoms with Crippen molar-refractivity contribution in [2.24, 2.45) is 16.7 Å². The lowest BCUT2D eigenvalue weighted by Crippen LogP contribution is -2.47. The summed E-state index contributed by atoms with van der Waals surface area (Å²) in [7, 11) is 0. The van der Waals surface area contributed by atoms with Gasteiger partial charge in [-0.3, -0.25) is 0 Å². The third kappa shape index (κ3) is 2.95. The van der Waals surface area contributed by atoms with Crippen molar-refractivity contribution in [2.45, 2.75) is 71.1 Å². The molecule has 0 radical (unpaired) electrons. The minimum Gasteiger partial charge on any atom is -0.389 e. The number of aliphatic hydroxyl groups is 1. The van der Waals surface area contributed by atoms with E-state index >= 15 is 0 Å². The average molecular weight is 311 g/mol. The molecule has 2 N–H and O–H groups in total. The lowest BCUT2D eigenvalue weighted by atomic mass is 9.69. The molecule has 0 aromatic heterocycles. The third-order valence-electron chi connectivity index (χ3n) is 7.03. The normalized spacial score (nSPS) is 41.2. The van der Waals surface area contributed by atoms with Crippen molar-refractivity contribution in [2.75, 3.05) is 26.4 Å². The van der Waals surface area contributed by atoms with Gasteiger partial charge in [-0.1, -0.05) is 20.8 Å². The van der Waals surface area contributed by atoms with Gasteiger partial charge in [-0.2, -0.15) is 0 Å². The van der Waals surface area contributed by atoms with E-state index in [1.807, 2.05) is 0 Å². The van der Waals surface area contributed by atoms with Crippen LogP contribution in [-0.2, 0) is 9.47 Å². The highest BCUT2D eigenvalue weighted by Crippen LogP contribution is 2.65. The van der Waals surface area contributed by atoms with E-state index in [1.54, 1.807) is 0 Å². The molecule has 3 aliphatic rings. The summed E-state index contributed by atoms with van der Waals surface area (Å²) in [6.45, 7) is 9.79. The maximum absolute atomic E-state index is 10.1. The molecule has 0 unspecified atom stereocenters. The Labute approximate surface area is 134 Å². The van der Waals surface area contributed by atoms with Crippen LogP contribution in [0.3, 0.4) is 0 Å². The Bertz CT molecular complexity index is 381. The van der Waals surface area contributed by atoms with Crippen molar-refractivity contribution in [3.8, 4) is 0 Å². The molecule has 3 fully saturated rings. The SMILES string of the molecule is CC1(C)[C@H]2CC[C@]1(C)[C@H](NC[C@H](O)COC[C@@H]1CCCO1)C2. The van der Waals surface area contributed by atoms with Gasteiger partial charge in [-0.15, -0.1) is 0 Å². The average Bonchev–Trinajstić information content (AvgIpc) is 3.10. The topological polar surface area (TPSA) is 50.7 Å². The first kappa shape index (κ1) is 16.7. The number of rotatable bonds is 7. The highest BCUT2D eigenvalue weighted by Gasteiger charge is 2.60. The summed E-state index contributed by atoms with van der Waals surface area (Å²) >= 11 is 0. The molecule has 2 bridgehead atoms. The first-order chi connectivity index (χ1) is 10.4. The second kappa shape index (κ2) is 6.39. The monoisotopic (exact) mass is 311 g/mol. The van der Waals surface area contributed by atoms with Crippen LogP contribution in [-0.4, -0.2) is 49.7 Å². The predicted octanol–water partition coefficient (Wildman–Crippen LogP) is 2.35. The van der Waals surface area contributed by atoms with Gasteiger partial charge < -0.3 is 19.9 Å². The lowest BCUT2D eigenvalue weighted by molar-refractivity contribution is -0.0183. The maximum Gasteiger partial charge on any atom is 0.0897 e. The molecule has 0 amide bonds. The smallest absolute Gasteiger partial charge is 0.0897 e. The quantitative estimate of drug-likeness (QED) is 0.758. The van der Waals surface area contributed by atoms with Crippen LogP contribution in [0.2, 0.25) is 0 Å². The van der Waals surface area contributed by atoms with Gasteiger partial charge >= 0.3 is 0 Å². The standard InChI is InChI=1S/C18H33NO3/c1-17(2)13-6-7-18(17,3)16(9-13)19-10-14(20)11-21-12-15-5-4-8-22-15/h13-16,19-20H,4-12H2,1-3H3/t13-,14-,15-,16+,18+/m0/s1. The Kier molecular flexibility index (Phi) is 4.84. The number of nitrogens with one attached hydrogen (secondary N) is 1. The summed E-state index contributed by atoms with van der Waals surface area (Å²) in [5, 5.41) is 13.8. The first-order valence-electron chi connectivity index (χ1n) is 9.04. The van der Waals surface area contributed by atoms with Crippen LogP contribution < -0.4 is 5.32 Å². The van der Waals surface area contributed by atoms with E-state index < -0.39 is 6.10 Å². The van der Waals surface area contributed by atoms with Crippen LogP contribution in [0.4, 0.5) is 0 Å². The lowest BCUT2D eigenvalue weighted by Gasteiger charge is -2.40. The zero-order chi connectivity index (χ0) is 15.8. The van der Waals surface area contributed by atoms with Crippen molar-refractivity contribution < 1.29 is 14.6 Å². The van der Waals surface area contributed by atoms with Crippen LogP contribution in [0.25, 0.3) is 0 Å². The number of aliphatic hydroxyl groups excluding tert-OH is 1. The minimum absolute atomic E-state index is 0.241. The van der Waals surface area contributed by atoms with E-state index in [9.17, 15) is 5.11 Å². The van der Waals surface area contributed by atoms with Gasteiger partial charge in [0.05, 0.1) is 25.4 Å². The Morgan fingerprint density at radius 2 is 2.14 bits per heavy atom. The molecule has 22 heavy (non-hydrogen) atoms. The number of fused-ring (bicyclic) bond motifs is 2. The molecule has 1 aliphatic heterocycles. The summed E-state index contributed by atoms with van der Waals surface area (Å²) in [6.07, 6.45) is 5.98. The van der Waals surface area contributed by atoms with E-state index in [1.165, 1.54) is 19.3 Å². The molecule has 1 saturated heterocycles. The van der Waals surface area contributed by atoms with Gasteiger partial charge in [0.15, 0.2) is 0 Å². The molecule has 4 heteroatoms. The van der Waals surface area contributed by atoms with Crippen LogP contribution in [0.1, 0.15) is 52.9 Å². The number of ether oxygens (including phenoxy) is 2. The fourth-order valence-electron chi connectivity index (χ4n) is 4.96. The fourth-order valence-corrected chi connectivity index (χ4v) is 4.96. The molecule has 0 aromatic rings. The van der Waals surface area contributed by atoms with E-state index in [0.29, 0.717) is 36.6 Å². The summed E-state index contributed by atoms with van der Waals surface area (Å²) < 4.78 is 11.1. The maximum atomic E-state index is 10.1. The van der Waals surface area contributed by atoms with Crippen molar-refractivity contribution >= 4 is 0 Å². The van der Waals surface area contributed by atoms with Crippen LogP contribution in [0, 0.1) is 16.7 Å². The highest BCUT2D eigenvalue weighted by molar-refractivity contribution is 5.13. The Morgan fingerprint density at radius 3 is 2.73 bits per heavy atom. The Hall–Kier alpha value is -0.160. The molecule has 1 heterocycles. The number of hydrogen-bond acceptors (Lipinski definition) is 4. The summed E-state index contributed by atoms with van der Waals surface area (Å²) in [4.78, 5) is 0. The molecule has 3 rings (SSSR count). The van der Waals surface area contributed by atoms with Crippen LogP contribution >= 0.6 is 0 Å². The van der Waals surface area contributed by atoms with E-state index in [-0.39, 0.29) is 6.10 Å². The van der Waals surface area contributed by atoms with Gasteiger partial charge in [-0.05, 0) is 48.9 Å². The second-order valence-electron chi connectivity index (χ2n) is 8.40. The zero-order valence-corrected chi connectivity index (χ0v) is 14.4. The summed E-state index contributed by atoms with van der Waals surface area (Å²) in [5.41, 5.74) is 0.794. The van der Waals surface area contributed by atoms with Gasteiger partial charge in [0.1, 0.15) is 0 Å². The molecule has 4 nitrogen and oxygen atoms in total. The van der Waals surface area contributed by atoms with Crippen LogP contribution in [0.15, 0.2) is 0 Å². The van der Waals surface area contributed by atoms with Gasteiger partial charge in [0.2, 0.25) is 0 Å². The summed E-state index contributed by atoms with van der Waals surface area (Å²) in [5.74, 6) is 0.836. The minimum atomic E-state index is -0.424. The molecule has 2 saturated carbocycles. The molecule has 5 atom stereocenters. The van der Waals surface area contributed by atoms with Gasteiger partial charge in [-0.25, -0.2) is 0 Å². The third-order valence-corrected chi connectivity index (χ3v) is 7.03. The molecule has 0 spiro atoms. The summed E-state index contributed by atoms with van der Waals surface area (Å²) in [6, 6.07) is 0.536. The second-order valence-corrected chi connectivity index (χ2v) is 8.40. The van der Waals surface area contributed by atoms with E-state index in [0.717, 1.165) is 25.4 Å². The van der Waals surface area contributed by atoms with E-state index in [4.69, 9.17) is 9.47 Å². The Morgan fingerprint density at radius 1 is 1.32 bits per heavy atom. The molecule has 128 valence electrons. The zero-order valence-electron chi connectivity index (χ0n) is 14.4. The first-order valence-corrected chi connectivity index (χ1v) is 9.04. The van der Waals surface area contributed by atoms with Crippen LogP contribution in [0.5, 0.6) is 0 Å². The molecule has 0 aromatic carbocycles. The predicted molar refractivity (Wildman–Crippen MR) is 86.8 cm³/mol. The van der Waals surface area contributed by atoms with Crippen molar-refractivity contribution in [3.63, 3.8) is 0 Å². The van der Waals surface area contributed by atoms with Gasteiger partial charge in [0.25, 0.3) is 0 Å². The fraction of sp³-hybridized carbons (Fsp3) is 1.00. The molecule has 2 aliphatic carbocycles. The highest BCUT2D eigenvalue weighted by atomic mass is 16.5. The molecular formula is C18H33NO3. The Balaban J connectivity index is 1.37. The van der Waals surface area contributed by atoms with E-state index in [2.05, 4.69) is 26.1 Å². The van der Waals surface area contributed by atoms with Crippen molar-refractivity contribution in [1.82, 2.24) is 5.32 Å². The van der Waals surface area contributed by atoms with Crippen molar-refractivity contribution in [1.29, 1.82) is 0 Å². The largest absolute Gasteiger partial charge is 0.389 e. The van der Waals surface area contributed by atoms with Gasteiger partial charge in [0, 0.05) is 19.2 Å². The molecular weight excluding hydrogens is 278 g/mol. The number of hydrogen-bond donors (Lipinski definition) is 2.